The first-order valence-electron chi connectivity index (χ1n) is 6.29. The number of nitrogens with zero attached hydrogens (tertiary/aromatic N) is 2. The van der Waals surface area contributed by atoms with Gasteiger partial charge in [0.25, 0.3) is 0 Å². The Hall–Kier alpha value is -2.76. The lowest BCUT2D eigenvalue weighted by atomic mass is 10.2. The number of nitrogens with one attached hydrogen (secondary N) is 1. The number of fused-ring (bicyclic) bond motifs is 1. The maximum absolute atomic E-state index is 13.5. The second-order valence-electron chi connectivity index (χ2n) is 4.53. The van der Waals surface area contributed by atoms with E-state index in [-0.39, 0.29) is 12.2 Å². The molecule has 4 nitrogen and oxygen atoms in total. The summed E-state index contributed by atoms with van der Waals surface area (Å²) in [6.07, 6.45) is 1.65. The van der Waals surface area contributed by atoms with Gasteiger partial charge < -0.3 is 5.32 Å². The van der Waals surface area contributed by atoms with E-state index in [1.54, 1.807) is 6.20 Å². The molecule has 0 aliphatic carbocycles. The van der Waals surface area contributed by atoms with Crippen LogP contribution in [0.1, 0.15) is 0 Å². The van der Waals surface area contributed by atoms with Crippen LogP contribution in [0.4, 0.5) is 14.5 Å². The highest BCUT2D eigenvalue weighted by molar-refractivity contribution is 5.91. The summed E-state index contributed by atoms with van der Waals surface area (Å²) in [6, 6.07) is 10.4. The summed E-state index contributed by atoms with van der Waals surface area (Å²) < 4.78 is 27.8. The molecule has 0 atom stereocenters. The van der Waals surface area contributed by atoms with Gasteiger partial charge in [0.15, 0.2) is 0 Å². The van der Waals surface area contributed by atoms with Gasteiger partial charge in [0.05, 0.1) is 17.4 Å². The van der Waals surface area contributed by atoms with Crippen LogP contribution in [-0.2, 0) is 11.3 Å². The minimum Gasteiger partial charge on any atom is -0.322 e. The summed E-state index contributed by atoms with van der Waals surface area (Å²) in [4.78, 5) is 11.9. The summed E-state index contributed by atoms with van der Waals surface area (Å²) in [6.45, 7) is -0.0513. The Morgan fingerprint density at radius 3 is 2.81 bits per heavy atom. The van der Waals surface area contributed by atoms with Gasteiger partial charge in [-0.3, -0.25) is 9.48 Å². The van der Waals surface area contributed by atoms with Crippen molar-refractivity contribution in [1.29, 1.82) is 0 Å². The van der Waals surface area contributed by atoms with Crippen LogP contribution in [-0.4, -0.2) is 15.7 Å². The molecule has 0 aliphatic rings. The minimum absolute atomic E-state index is 0.0513. The number of benzene rings is 2. The van der Waals surface area contributed by atoms with Crippen molar-refractivity contribution in [2.24, 2.45) is 0 Å². The molecule has 0 fully saturated rings. The Morgan fingerprint density at radius 1 is 1.19 bits per heavy atom. The molecule has 0 bridgehead atoms. The van der Waals surface area contributed by atoms with Crippen molar-refractivity contribution in [2.45, 2.75) is 6.54 Å². The van der Waals surface area contributed by atoms with Crippen molar-refractivity contribution >= 4 is 22.5 Å². The monoisotopic (exact) mass is 287 g/mol. The third-order valence-corrected chi connectivity index (χ3v) is 3.05. The lowest BCUT2D eigenvalue weighted by Gasteiger charge is -2.07. The number of rotatable bonds is 3. The van der Waals surface area contributed by atoms with E-state index in [0.29, 0.717) is 0 Å². The summed E-state index contributed by atoms with van der Waals surface area (Å²) in [5.41, 5.74) is 0.755. The Balaban J connectivity index is 1.77. The Labute approximate surface area is 119 Å². The van der Waals surface area contributed by atoms with Crippen LogP contribution >= 0.6 is 0 Å². The standard InChI is InChI=1S/C15H11F2N3O/c16-11-5-6-13(12(17)7-11)19-15(21)9-20-14-4-2-1-3-10(14)8-18-20/h1-8H,9H2,(H,19,21). The minimum atomic E-state index is -0.811. The SMILES string of the molecule is O=C(Cn1ncc2ccccc21)Nc1ccc(F)cc1F. The van der Waals surface area contributed by atoms with Crippen LogP contribution in [0.2, 0.25) is 0 Å². The van der Waals surface area contributed by atoms with Crippen LogP contribution in [0, 0.1) is 11.6 Å². The zero-order valence-corrected chi connectivity index (χ0v) is 10.9. The van der Waals surface area contributed by atoms with Crippen LogP contribution < -0.4 is 5.32 Å². The van der Waals surface area contributed by atoms with Gasteiger partial charge in [-0.1, -0.05) is 18.2 Å². The van der Waals surface area contributed by atoms with Gasteiger partial charge in [-0.05, 0) is 18.2 Å². The quantitative estimate of drug-likeness (QED) is 0.805. The summed E-state index contributed by atoms with van der Waals surface area (Å²) >= 11 is 0. The first-order chi connectivity index (χ1) is 10.1. The molecule has 0 unspecified atom stereocenters. The van der Waals surface area contributed by atoms with E-state index in [2.05, 4.69) is 10.4 Å². The summed E-state index contributed by atoms with van der Waals surface area (Å²) in [7, 11) is 0. The normalized spacial score (nSPS) is 10.8. The van der Waals surface area contributed by atoms with Crippen molar-refractivity contribution in [1.82, 2.24) is 9.78 Å². The molecule has 1 N–H and O–H groups in total. The molecule has 2 aromatic carbocycles. The molecule has 3 rings (SSSR count). The largest absolute Gasteiger partial charge is 0.322 e. The van der Waals surface area contributed by atoms with Crippen molar-refractivity contribution < 1.29 is 13.6 Å². The van der Waals surface area contributed by atoms with Crippen molar-refractivity contribution in [3.63, 3.8) is 0 Å². The predicted octanol–water partition coefficient (Wildman–Crippen LogP) is 2.95. The predicted molar refractivity (Wildman–Crippen MR) is 74.7 cm³/mol. The molecule has 1 amide bonds. The smallest absolute Gasteiger partial charge is 0.246 e. The fourth-order valence-corrected chi connectivity index (χ4v) is 2.07. The molecule has 21 heavy (non-hydrogen) atoms. The average molecular weight is 287 g/mol. The van der Waals surface area contributed by atoms with Crippen LogP contribution in [0.15, 0.2) is 48.7 Å². The van der Waals surface area contributed by atoms with Crippen molar-refractivity contribution in [2.75, 3.05) is 5.32 Å². The molecule has 6 heteroatoms. The number of amides is 1. The van der Waals surface area contributed by atoms with E-state index in [0.717, 1.165) is 23.0 Å². The van der Waals surface area contributed by atoms with Crippen molar-refractivity contribution in [3.8, 4) is 0 Å². The van der Waals surface area contributed by atoms with Crippen molar-refractivity contribution in [3.05, 3.63) is 60.3 Å². The van der Waals surface area contributed by atoms with E-state index in [9.17, 15) is 13.6 Å². The van der Waals surface area contributed by atoms with Gasteiger partial charge in [0.2, 0.25) is 5.91 Å². The molecule has 1 heterocycles. The van der Waals surface area contributed by atoms with Crippen LogP contribution in [0.5, 0.6) is 0 Å². The molecule has 0 spiro atoms. The zero-order valence-electron chi connectivity index (χ0n) is 10.9. The highest BCUT2D eigenvalue weighted by Crippen LogP contribution is 2.16. The van der Waals surface area contributed by atoms with Gasteiger partial charge in [0.1, 0.15) is 18.2 Å². The average Bonchev–Trinajstić information content (AvgIpc) is 2.85. The molecular weight excluding hydrogens is 276 g/mol. The van der Waals surface area contributed by atoms with Gasteiger partial charge >= 0.3 is 0 Å². The van der Waals surface area contributed by atoms with E-state index < -0.39 is 17.5 Å². The van der Waals surface area contributed by atoms with E-state index in [1.165, 1.54) is 10.7 Å². The Kier molecular flexibility index (Phi) is 3.35. The first-order valence-corrected chi connectivity index (χ1v) is 6.29. The van der Waals surface area contributed by atoms with Crippen LogP contribution in [0.25, 0.3) is 10.9 Å². The highest BCUT2D eigenvalue weighted by Gasteiger charge is 2.10. The zero-order chi connectivity index (χ0) is 14.8. The highest BCUT2D eigenvalue weighted by atomic mass is 19.1. The second kappa shape index (κ2) is 5.32. The summed E-state index contributed by atoms with van der Waals surface area (Å²) in [5, 5.41) is 7.43. The Bertz CT molecular complexity index is 814. The van der Waals surface area contributed by atoms with E-state index >= 15 is 0 Å². The maximum atomic E-state index is 13.5. The molecule has 0 radical (unpaired) electrons. The first kappa shape index (κ1) is 13.2. The number of carbonyl (C=O) groups excluding carboxylic acids is 1. The number of anilines is 1. The third kappa shape index (κ3) is 2.74. The molecule has 3 aromatic rings. The number of hydrogen-bond acceptors (Lipinski definition) is 2. The summed E-state index contributed by atoms with van der Waals surface area (Å²) in [5.74, 6) is -1.94. The number of carbonyl (C=O) groups is 1. The fraction of sp³-hybridized carbons (Fsp3) is 0.0667. The maximum Gasteiger partial charge on any atom is 0.246 e. The van der Waals surface area contributed by atoms with Gasteiger partial charge in [-0.2, -0.15) is 5.10 Å². The fourth-order valence-electron chi connectivity index (χ4n) is 2.07. The lowest BCUT2D eigenvalue weighted by Crippen LogP contribution is -2.20. The number of hydrogen-bond donors (Lipinski definition) is 1. The number of halogens is 2. The van der Waals surface area contributed by atoms with Gasteiger partial charge in [-0.25, -0.2) is 8.78 Å². The second-order valence-corrected chi connectivity index (χ2v) is 4.53. The number of para-hydroxylation sites is 1. The molecule has 0 aliphatic heterocycles. The Morgan fingerprint density at radius 2 is 2.00 bits per heavy atom. The topological polar surface area (TPSA) is 46.9 Å². The van der Waals surface area contributed by atoms with Crippen LogP contribution in [0.3, 0.4) is 0 Å². The molecule has 0 saturated carbocycles. The van der Waals surface area contributed by atoms with E-state index in [4.69, 9.17) is 0 Å². The lowest BCUT2D eigenvalue weighted by molar-refractivity contribution is -0.116. The molecule has 1 aromatic heterocycles. The van der Waals surface area contributed by atoms with Gasteiger partial charge in [-0.15, -0.1) is 0 Å². The van der Waals surface area contributed by atoms with E-state index in [1.807, 2.05) is 24.3 Å². The molecule has 0 saturated heterocycles. The third-order valence-electron chi connectivity index (χ3n) is 3.05. The molecular formula is C15H11F2N3O. The molecule has 106 valence electrons. The van der Waals surface area contributed by atoms with Gasteiger partial charge in [0, 0.05) is 11.5 Å². The number of aromatic nitrogens is 2.